The van der Waals surface area contributed by atoms with Gasteiger partial charge in [0, 0.05) is 23.4 Å². The number of hydrogen-bond acceptors (Lipinski definition) is 4. The first-order chi connectivity index (χ1) is 13.5. The summed E-state index contributed by atoms with van der Waals surface area (Å²) in [6.45, 7) is 3.90. The first-order valence-corrected chi connectivity index (χ1v) is 9.46. The van der Waals surface area contributed by atoms with Crippen LogP contribution in [0.2, 0.25) is 0 Å². The molecule has 0 unspecified atom stereocenters. The van der Waals surface area contributed by atoms with Gasteiger partial charge in [0.1, 0.15) is 5.82 Å². The smallest absolute Gasteiger partial charge is 0.220 e. The number of carbonyl (C=O) groups excluding carboxylic acids is 1. The van der Waals surface area contributed by atoms with Gasteiger partial charge in [0.15, 0.2) is 5.65 Å². The van der Waals surface area contributed by atoms with Gasteiger partial charge in [-0.1, -0.05) is 6.07 Å². The van der Waals surface area contributed by atoms with Crippen LogP contribution in [-0.2, 0) is 11.2 Å². The number of amides is 1. The number of hydrogen-bond donors (Lipinski definition) is 1. The summed E-state index contributed by atoms with van der Waals surface area (Å²) in [5.74, 6) is 0.193. The third-order valence-electron chi connectivity index (χ3n) is 5.12. The van der Waals surface area contributed by atoms with Crippen LogP contribution in [0, 0.1) is 19.7 Å². The molecule has 146 valence electrons. The number of pyridine rings is 1. The zero-order valence-electron chi connectivity index (χ0n) is 16.3. The van der Waals surface area contributed by atoms with E-state index in [1.807, 2.05) is 13.8 Å². The molecular weight excluding hydrogens is 359 g/mol. The Labute approximate surface area is 162 Å². The van der Waals surface area contributed by atoms with Gasteiger partial charge in [-0.3, -0.25) is 4.79 Å². The lowest BCUT2D eigenvalue weighted by Crippen LogP contribution is -2.25. The Bertz CT molecular complexity index is 1060. The molecule has 3 aromatic rings. The third-order valence-corrected chi connectivity index (χ3v) is 5.12. The molecule has 1 saturated carbocycles. The second kappa shape index (κ2) is 7.22. The molecule has 2 heterocycles. The second-order valence-electron chi connectivity index (χ2n) is 7.24. The van der Waals surface area contributed by atoms with Gasteiger partial charge in [-0.25, -0.2) is 9.07 Å². The molecule has 0 atom stereocenters. The summed E-state index contributed by atoms with van der Waals surface area (Å²) in [5.41, 5.74) is 3.91. The Morgan fingerprint density at radius 1 is 1.36 bits per heavy atom. The van der Waals surface area contributed by atoms with Crippen molar-refractivity contribution in [1.82, 2.24) is 20.1 Å². The van der Waals surface area contributed by atoms with E-state index in [0.29, 0.717) is 36.1 Å². The van der Waals surface area contributed by atoms with Crippen LogP contribution in [0.5, 0.6) is 5.88 Å². The molecule has 28 heavy (non-hydrogen) atoms. The van der Waals surface area contributed by atoms with E-state index in [1.165, 1.54) is 12.1 Å². The van der Waals surface area contributed by atoms with Gasteiger partial charge in [0.05, 0.1) is 18.5 Å². The molecule has 0 saturated heterocycles. The van der Waals surface area contributed by atoms with Gasteiger partial charge in [-0.15, -0.1) is 0 Å². The number of ether oxygens (including phenoxy) is 1. The van der Waals surface area contributed by atoms with Crippen molar-refractivity contribution in [2.24, 2.45) is 0 Å². The molecular formula is C21H23FN4O2. The fourth-order valence-electron chi connectivity index (χ4n) is 3.55. The van der Waals surface area contributed by atoms with Gasteiger partial charge in [0.2, 0.25) is 11.8 Å². The maximum atomic E-state index is 13.7. The molecule has 1 aliphatic rings. The van der Waals surface area contributed by atoms with E-state index in [0.717, 1.165) is 35.0 Å². The zero-order valence-corrected chi connectivity index (χ0v) is 16.3. The average molecular weight is 382 g/mol. The van der Waals surface area contributed by atoms with Gasteiger partial charge >= 0.3 is 0 Å². The molecule has 1 N–H and O–H groups in total. The fourth-order valence-corrected chi connectivity index (χ4v) is 3.55. The molecule has 7 heteroatoms. The highest BCUT2D eigenvalue weighted by molar-refractivity contribution is 5.86. The molecule has 0 aliphatic heterocycles. The monoisotopic (exact) mass is 382 g/mol. The lowest BCUT2D eigenvalue weighted by molar-refractivity contribution is -0.121. The van der Waals surface area contributed by atoms with Crippen LogP contribution in [0.1, 0.15) is 36.1 Å². The van der Waals surface area contributed by atoms with E-state index in [4.69, 9.17) is 4.74 Å². The number of aryl methyl sites for hydroxylation is 2. The van der Waals surface area contributed by atoms with Gasteiger partial charge in [-0.05, 0) is 56.9 Å². The Balaban J connectivity index is 1.74. The van der Waals surface area contributed by atoms with E-state index >= 15 is 0 Å². The highest BCUT2D eigenvalue weighted by atomic mass is 19.1. The lowest BCUT2D eigenvalue weighted by Gasteiger charge is -2.13. The molecule has 4 rings (SSSR count). The van der Waals surface area contributed by atoms with Crippen LogP contribution in [-0.4, -0.2) is 33.8 Å². The number of nitrogens with zero attached hydrogens (tertiary/aromatic N) is 3. The van der Waals surface area contributed by atoms with Crippen LogP contribution in [0.25, 0.3) is 16.7 Å². The van der Waals surface area contributed by atoms with E-state index in [2.05, 4.69) is 15.4 Å². The summed E-state index contributed by atoms with van der Waals surface area (Å²) in [6, 6.07) is 6.60. The maximum Gasteiger partial charge on any atom is 0.220 e. The topological polar surface area (TPSA) is 69.0 Å². The van der Waals surface area contributed by atoms with Crippen molar-refractivity contribution in [3.8, 4) is 11.6 Å². The van der Waals surface area contributed by atoms with Crippen LogP contribution >= 0.6 is 0 Å². The number of rotatable bonds is 6. The van der Waals surface area contributed by atoms with Gasteiger partial charge in [0.25, 0.3) is 0 Å². The molecule has 0 spiro atoms. The Hall–Kier alpha value is -2.96. The largest absolute Gasteiger partial charge is 0.481 e. The number of methoxy groups -OCH3 is 1. The van der Waals surface area contributed by atoms with Crippen molar-refractivity contribution in [2.45, 2.75) is 45.6 Å². The van der Waals surface area contributed by atoms with Crippen molar-refractivity contribution in [1.29, 1.82) is 0 Å². The van der Waals surface area contributed by atoms with Crippen molar-refractivity contribution in [3.05, 3.63) is 46.9 Å². The van der Waals surface area contributed by atoms with E-state index in [1.54, 1.807) is 23.9 Å². The van der Waals surface area contributed by atoms with Crippen LogP contribution in [0.3, 0.4) is 0 Å². The first kappa shape index (κ1) is 18.4. The summed E-state index contributed by atoms with van der Waals surface area (Å²) >= 11 is 0. The number of halogens is 1. The summed E-state index contributed by atoms with van der Waals surface area (Å²) in [6.07, 6.45) is 3.07. The summed E-state index contributed by atoms with van der Waals surface area (Å²) in [4.78, 5) is 16.8. The molecule has 0 radical (unpaired) electrons. The van der Waals surface area contributed by atoms with E-state index < -0.39 is 0 Å². The normalized spacial score (nSPS) is 13.7. The number of benzene rings is 1. The van der Waals surface area contributed by atoms with Crippen LogP contribution < -0.4 is 10.1 Å². The predicted molar refractivity (Wildman–Crippen MR) is 104 cm³/mol. The maximum absolute atomic E-state index is 13.7. The SMILES string of the molecule is COc1nc2c(c(C)nn2-c2cccc(F)c2)c(C)c1CCC(=O)NC1CC1. The highest BCUT2D eigenvalue weighted by Crippen LogP contribution is 2.32. The second-order valence-corrected chi connectivity index (χ2v) is 7.24. The number of nitrogens with one attached hydrogen (secondary N) is 1. The average Bonchev–Trinajstić information content (AvgIpc) is 3.41. The Morgan fingerprint density at radius 3 is 2.82 bits per heavy atom. The van der Waals surface area contributed by atoms with Crippen molar-refractivity contribution in [2.75, 3.05) is 7.11 Å². The van der Waals surface area contributed by atoms with Crippen molar-refractivity contribution < 1.29 is 13.9 Å². The van der Waals surface area contributed by atoms with Crippen LogP contribution in [0.15, 0.2) is 24.3 Å². The standard InChI is InChI=1S/C21H23FN4O2/c1-12-17(9-10-18(27)23-15-7-8-15)21(28-3)24-20-19(12)13(2)25-26(20)16-6-4-5-14(22)11-16/h4-6,11,15H,7-10H2,1-3H3,(H,23,27). The predicted octanol–water partition coefficient (Wildman–Crippen LogP) is 3.40. The zero-order chi connectivity index (χ0) is 19.8. The third kappa shape index (κ3) is 3.44. The molecule has 2 aromatic heterocycles. The summed E-state index contributed by atoms with van der Waals surface area (Å²) in [7, 11) is 1.57. The number of fused-ring (bicyclic) bond motifs is 1. The molecule has 1 aromatic carbocycles. The molecule has 0 bridgehead atoms. The number of carbonyl (C=O) groups is 1. The summed E-state index contributed by atoms with van der Waals surface area (Å²) < 4.78 is 20.9. The summed E-state index contributed by atoms with van der Waals surface area (Å²) in [5, 5.41) is 8.49. The van der Waals surface area contributed by atoms with Gasteiger partial charge in [-0.2, -0.15) is 10.1 Å². The molecule has 1 amide bonds. The minimum atomic E-state index is -0.333. The first-order valence-electron chi connectivity index (χ1n) is 9.46. The lowest BCUT2D eigenvalue weighted by atomic mass is 10.0. The van der Waals surface area contributed by atoms with E-state index in [9.17, 15) is 9.18 Å². The minimum absolute atomic E-state index is 0.0521. The van der Waals surface area contributed by atoms with Gasteiger partial charge < -0.3 is 10.1 Å². The molecule has 1 aliphatic carbocycles. The quantitative estimate of drug-likeness (QED) is 0.709. The van der Waals surface area contributed by atoms with E-state index in [-0.39, 0.29) is 11.7 Å². The van der Waals surface area contributed by atoms with Crippen molar-refractivity contribution in [3.63, 3.8) is 0 Å². The Morgan fingerprint density at radius 2 is 2.14 bits per heavy atom. The van der Waals surface area contributed by atoms with Crippen LogP contribution in [0.4, 0.5) is 4.39 Å². The number of aromatic nitrogens is 3. The van der Waals surface area contributed by atoms with Crippen molar-refractivity contribution >= 4 is 16.9 Å². The molecule has 1 fully saturated rings. The Kier molecular flexibility index (Phi) is 4.75. The minimum Gasteiger partial charge on any atom is -0.481 e. The fraction of sp³-hybridized carbons (Fsp3) is 0.381. The molecule has 6 nitrogen and oxygen atoms in total. The highest BCUT2D eigenvalue weighted by Gasteiger charge is 2.24.